The molecule has 1 amide bonds. The van der Waals surface area contributed by atoms with E-state index >= 15 is 0 Å². The molecule has 0 spiro atoms. The molecule has 0 N–H and O–H groups in total. The Morgan fingerprint density at radius 1 is 1.22 bits per heavy atom. The van der Waals surface area contributed by atoms with Crippen LogP contribution in [0.3, 0.4) is 0 Å². The van der Waals surface area contributed by atoms with E-state index in [0.29, 0.717) is 31.9 Å². The second kappa shape index (κ2) is 7.31. The Hall–Kier alpha value is -1.60. The standard InChI is InChI=1S/C16H24N2O4S/c1-4-17(5-2)16(19)14-12-13(8-9-15(14)22-3)23(20,21)18-10-6-7-11-18/h8-9,12H,4-7,10-11H2,1-3H3. The Bertz CT molecular complexity index is 663. The highest BCUT2D eigenvalue weighted by Crippen LogP contribution is 2.27. The molecule has 0 radical (unpaired) electrons. The third-order valence-electron chi connectivity index (χ3n) is 4.15. The number of benzene rings is 1. The van der Waals surface area contributed by atoms with Crippen molar-refractivity contribution < 1.29 is 17.9 Å². The molecule has 23 heavy (non-hydrogen) atoms. The highest BCUT2D eigenvalue weighted by Gasteiger charge is 2.29. The van der Waals surface area contributed by atoms with Crippen LogP contribution in [0, 0.1) is 0 Å². The largest absolute Gasteiger partial charge is 0.496 e. The zero-order valence-electron chi connectivity index (χ0n) is 13.9. The maximum atomic E-state index is 12.7. The number of carbonyl (C=O) groups is 1. The molecule has 1 aliphatic rings. The van der Waals surface area contributed by atoms with E-state index in [2.05, 4.69) is 0 Å². The maximum Gasteiger partial charge on any atom is 0.257 e. The van der Waals surface area contributed by atoms with Gasteiger partial charge in [-0.3, -0.25) is 4.79 Å². The molecular weight excluding hydrogens is 316 g/mol. The highest BCUT2D eigenvalue weighted by molar-refractivity contribution is 7.89. The minimum Gasteiger partial charge on any atom is -0.496 e. The average Bonchev–Trinajstić information content (AvgIpc) is 3.10. The van der Waals surface area contributed by atoms with Gasteiger partial charge in [-0.25, -0.2) is 8.42 Å². The van der Waals surface area contributed by atoms with Gasteiger partial charge in [0.25, 0.3) is 5.91 Å². The van der Waals surface area contributed by atoms with Gasteiger partial charge in [-0.05, 0) is 44.9 Å². The summed E-state index contributed by atoms with van der Waals surface area (Å²) in [4.78, 5) is 14.4. The van der Waals surface area contributed by atoms with Crippen molar-refractivity contribution in [1.82, 2.24) is 9.21 Å². The summed E-state index contributed by atoms with van der Waals surface area (Å²) in [7, 11) is -2.08. The van der Waals surface area contributed by atoms with Crippen molar-refractivity contribution in [3.05, 3.63) is 23.8 Å². The molecule has 1 fully saturated rings. The van der Waals surface area contributed by atoms with Crippen molar-refractivity contribution in [2.75, 3.05) is 33.3 Å². The fourth-order valence-electron chi connectivity index (χ4n) is 2.77. The summed E-state index contributed by atoms with van der Waals surface area (Å²) in [5, 5.41) is 0. The first kappa shape index (κ1) is 17.7. The summed E-state index contributed by atoms with van der Waals surface area (Å²) in [6.07, 6.45) is 1.75. The van der Waals surface area contributed by atoms with Crippen molar-refractivity contribution in [1.29, 1.82) is 0 Å². The molecule has 1 saturated heterocycles. The summed E-state index contributed by atoms with van der Waals surface area (Å²) < 4.78 is 32.1. The van der Waals surface area contributed by atoms with Gasteiger partial charge in [-0.2, -0.15) is 4.31 Å². The van der Waals surface area contributed by atoms with E-state index < -0.39 is 10.0 Å². The quantitative estimate of drug-likeness (QED) is 0.794. The molecule has 0 saturated carbocycles. The van der Waals surface area contributed by atoms with Crippen LogP contribution in [0.1, 0.15) is 37.0 Å². The first-order valence-corrected chi connectivity index (χ1v) is 9.37. The van der Waals surface area contributed by atoms with Crippen LogP contribution in [-0.4, -0.2) is 56.8 Å². The molecule has 1 heterocycles. The lowest BCUT2D eigenvalue weighted by Gasteiger charge is -2.21. The monoisotopic (exact) mass is 340 g/mol. The minimum atomic E-state index is -3.55. The second-order valence-corrected chi connectivity index (χ2v) is 7.39. The number of hydrogen-bond donors (Lipinski definition) is 0. The molecule has 1 aromatic rings. The van der Waals surface area contributed by atoms with Crippen molar-refractivity contribution in [2.24, 2.45) is 0 Å². The molecule has 0 atom stereocenters. The van der Waals surface area contributed by atoms with Gasteiger partial charge in [0, 0.05) is 26.2 Å². The maximum absolute atomic E-state index is 12.7. The molecule has 1 aromatic carbocycles. The number of methoxy groups -OCH3 is 1. The molecule has 0 bridgehead atoms. The van der Waals surface area contributed by atoms with Gasteiger partial charge in [0.15, 0.2) is 0 Å². The first-order chi connectivity index (χ1) is 11.0. The van der Waals surface area contributed by atoms with Crippen molar-refractivity contribution in [3.63, 3.8) is 0 Å². The topological polar surface area (TPSA) is 66.9 Å². The molecule has 7 heteroatoms. The number of hydrogen-bond acceptors (Lipinski definition) is 4. The summed E-state index contributed by atoms with van der Waals surface area (Å²) in [5.74, 6) is 0.174. The molecule has 128 valence electrons. The zero-order valence-corrected chi connectivity index (χ0v) is 14.7. The summed E-state index contributed by atoms with van der Waals surface area (Å²) in [6.45, 7) is 5.96. The Balaban J connectivity index is 2.44. The predicted octanol–water partition coefficient (Wildman–Crippen LogP) is 1.96. The number of carbonyl (C=O) groups excluding carboxylic acids is 1. The van der Waals surface area contributed by atoms with E-state index in [1.165, 1.54) is 23.5 Å². The molecule has 0 aliphatic carbocycles. The Kier molecular flexibility index (Phi) is 5.64. The highest BCUT2D eigenvalue weighted by atomic mass is 32.2. The molecule has 0 unspecified atom stereocenters. The Morgan fingerprint density at radius 2 is 1.83 bits per heavy atom. The number of amides is 1. The molecule has 6 nitrogen and oxygen atoms in total. The van der Waals surface area contributed by atoms with E-state index in [1.54, 1.807) is 11.0 Å². The second-order valence-electron chi connectivity index (χ2n) is 5.45. The Labute approximate surface area is 138 Å². The van der Waals surface area contributed by atoms with Crippen LogP contribution in [0.2, 0.25) is 0 Å². The fraction of sp³-hybridized carbons (Fsp3) is 0.562. The van der Waals surface area contributed by atoms with E-state index in [1.807, 2.05) is 13.8 Å². The zero-order chi connectivity index (χ0) is 17.0. The molecule has 2 rings (SSSR count). The lowest BCUT2D eigenvalue weighted by molar-refractivity contribution is 0.0769. The van der Waals surface area contributed by atoms with E-state index in [9.17, 15) is 13.2 Å². The molecular formula is C16H24N2O4S. The van der Waals surface area contributed by atoms with Crippen LogP contribution in [0.5, 0.6) is 5.75 Å². The SMILES string of the molecule is CCN(CC)C(=O)c1cc(S(=O)(=O)N2CCCC2)ccc1OC. The molecule has 1 aliphatic heterocycles. The van der Waals surface area contributed by atoms with Crippen LogP contribution in [0.4, 0.5) is 0 Å². The van der Waals surface area contributed by atoms with Crippen molar-refractivity contribution in [2.45, 2.75) is 31.6 Å². The lowest BCUT2D eigenvalue weighted by atomic mass is 10.1. The van der Waals surface area contributed by atoms with Gasteiger partial charge in [0.2, 0.25) is 10.0 Å². The van der Waals surface area contributed by atoms with Crippen LogP contribution >= 0.6 is 0 Å². The van der Waals surface area contributed by atoms with Crippen molar-refractivity contribution in [3.8, 4) is 5.75 Å². The number of nitrogens with zero attached hydrogens (tertiary/aromatic N) is 2. The Morgan fingerprint density at radius 3 is 2.35 bits per heavy atom. The van der Waals surface area contributed by atoms with Gasteiger partial charge in [-0.15, -0.1) is 0 Å². The number of ether oxygens (including phenoxy) is 1. The van der Waals surface area contributed by atoms with Gasteiger partial charge >= 0.3 is 0 Å². The third kappa shape index (κ3) is 3.50. The van der Waals surface area contributed by atoms with Gasteiger partial charge in [0.05, 0.1) is 17.6 Å². The van der Waals surface area contributed by atoms with Gasteiger partial charge in [-0.1, -0.05) is 0 Å². The molecule has 0 aromatic heterocycles. The van der Waals surface area contributed by atoms with Crippen molar-refractivity contribution >= 4 is 15.9 Å². The third-order valence-corrected chi connectivity index (χ3v) is 6.05. The van der Waals surface area contributed by atoms with Crippen LogP contribution in [-0.2, 0) is 10.0 Å². The van der Waals surface area contributed by atoms with Gasteiger partial charge < -0.3 is 9.64 Å². The minimum absolute atomic E-state index is 0.149. The normalized spacial score (nSPS) is 15.6. The summed E-state index contributed by atoms with van der Waals surface area (Å²) in [6, 6.07) is 4.50. The van der Waals surface area contributed by atoms with Crippen LogP contribution < -0.4 is 4.74 Å². The van der Waals surface area contributed by atoms with Crippen LogP contribution in [0.15, 0.2) is 23.1 Å². The van der Waals surface area contributed by atoms with Gasteiger partial charge in [0.1, 0.15) is 5.75 Å². The van der Waals surface area contributed by atoms with Crippen LogP contribution in [0.25, 0.3) is 0 Å². The summed E-state index contributed by atoms with van der Waals surface area (Å²) >= 11 is 0. The summed E-state index contributed by atoms with van der Waals surface area (Å²) in [5.41, 5.74) is 0.288. The first-order valence-electron chi connectivity index (χ1n) is 7.93. The van der Waals surface area contributed by atoms with E-state index in [0.717, 1.165) is 12.8 Å². The lowest BCUT2D eigenvalue weighted by Crippen LogP contribution is -2.31. The smallest absolute Gasteiger partial charge is 0.257 e. The predicted molar refractivity (Wildman–Crippen MR) is 88.2 cm³/mol. The average molecular weight is 340 g/mol. The van der Waals surface area contributed by atoms with E-state index in [-0.39, 0.29) is 16.4 Å². The number of rotatable bonds is 6. The number of sulfonamides is 1. The fourth-order valence-corrected chi connectivity index (χ4v) is 4.32. The van der Waals surface area contributed by atoms with E-state index in [4.69, 9.17) is 4.74 Å².